The van der Waals surface area contributed by atoms with E-state index in [0.717, 1.165) is 0 Å². The van der Waals surface area contributed by atoms with Crippen LogP contribution in [0.3, 0.4) is 0 Å². The van der Waals surface area contributed by atoms with E-state index in [9.17, 15) is 0 Å². The molecular formula is C4H7ClO. The monoisotopic (exact) mass is 106 g/mol. The zero-order chi connectivity index (χ0) is 4.83. The van der Waals surface area contributed by atoms with Gasteiger partial charge in [-0.05, 0) is 0 Å². The fraction of sp³-hybridized carbons (Fsp3) is 0.500. The first kappa shape index (κ1) is 5.99. The highest BCUT2D eigenvalue weighted by atomic mass is 35.5. The molecule has 36 valence electrons. The van der Waals surface area contributed by atoms with Crippen LogP contribution in [-0.4, -0.2) is 17.6 Å². The Morgan fingerprint density at radius 2 is 2.17 bits per heavy atom. The summed E-state index contributed by atoms with van der Waals surface area (Å²) in [7, 11) is 0. The van der Waals surface area contributed by atoms with Crippen LogP contribution in [0.15, 0.2) is 12.2 Å². The van der Waals surface area contributed by atoms with Gasteiger partial charge in [0.15, 0.2) is 0 Å². The first-order valence-electron chi connectivity index (χ1n) is 1.73. The van der Waals surface area contributed by atoms with Crippen LogP contribution in [0, 0.1) is 0 Å². The zero-order valence-electron chi connectivity index (χ0n) is 3.39. The molecule has 2 heteroatoms. The minimum absolute atomic E-state index is 0.0900. The van der Waals surface area contributed by atoms with Gasteiger partial charge in [-0.15, -0.1) is 11.6 Å². The molecule has 1 nitrogen and oxygen atoms in total. The molecule has 0 saturated heterocycles. The molecule has 0 aromatic carbocycles. The van der Waals surface area contributed by atoms with Gasteiger partial charge in [0.2, 0.25) is 0 Å². The van der Waals surface area contributed by atoms with Gasteiger partial charge < -0.3 is 5.11 Å². The fourth-order valence-electron chi connectivity index (χ4n) is 0.138. The molecule has 0 aromatic heterocycles. The van der Waals surface area contributed by atoms with E-state index >= 15 is 0 Å². The summed E-state index contributed by atoms with van der Waals surface area (Å²) in [6.45, 7) is 0.0900. The molecule has 0 bridgehead atoms. The first-order chi connectivity index (χ1) is 2.91. The van der Waals surface area contributed by atoms with Crippen LogP contribution in [0.5, 0.6) is 0 Å². The van der Waals surface area contributed by atoms with Crippen LogP contribution < -0.4 is 0 Å². The Kier molecular flexibility index (Phi) is 4.98. The van der Waals surface area contributed by atoms with Crippen molar-refractivity contribution in [3.05, 3.63) is 12.2 Å². The summed E-state index contributed by atoms with van der Waals surface area (Å²) >= 11 is 5.18. The molecule has 0 amide bonds. The van der Waals surface area contributed by atoms with E-state index in [1.54, 1.807) is 12.2 Å². The van der Waals surface area contributed by atoms with Crippen LogP contribution >= 0.6 is 11.6 Å². The third-order valence-electron chi connectivity index (χ3n) is 0.361. The Morgan fingerprint density at radius 3 is 2.33 bits per heavy atom. The summed E-state index contributed by atoms with van der Waals surface area (Å²) in [6, 6.07) is 0. The molecule has 0 unspecified atom stereocenters. The average Bonchev–Trinajstić information content (AvgIpc) is 1.61. The molecule has 0 heterocycles. The molecule has 0 radical (unpaired) electrons. The van der Waals surface area contributed by atoms with Gasteiger partial charge in [-0.2, -0.15) is 0 Å². The molecule has 0 fully saturated rings. The maximum atomic E-state index is 8.05. The van der Waals surface area contributed by atoms with Crippen molar-refractivity contribution in [3.63, 3.8) is 0 Å². The Hall–Kier alpha value is -0.0100. The van der Waals surface area contributed by atoms with Crippen molar-refractivity contribution in [2.45, 2.75) is 0 Å². The second kappa shape index (κ2) is 4.99. The average molecular weight is 107 g/mol. The van der Waals surface area contributed by atoms with Crippen molar-refractivity contribution in [2.24, 2.45) is 0 Å². The smallest absolute Gasteiger partial charge is 0.0612 e. The number of allylic oxidation sites excluding steroid dienone is 1. The Labute approximate surface area is 42.2 Å². The highest BCUT2D eigenvalue weighted by Gasteiger charge is 1.62. The Balaban J connectivity index is 2.73. The molecule has 0 aliphatic carbocycles. The highest BCUT2D eigenvalue weighted by Crippen LogP contribution is 1.74. The van der Waals surface area contributed by atoms with Crippen LogP contribution in [-0.2, 0) is 0 Å². The minimum atomic E-state index is 0.0900. The van der Waals surface area contributed by atoms with E-state index in [1.165, 1.54) is 0 Å². The standard InChI is InChI=1S/C4H7ClO/c5-3-1-2-4-6/h1-2,6H,3-4H2. The summed E-state index contributed by atoms with van der Waals surface area (Å²) in [6.07, 6.45) is 3.30. The Morgan fingerprint density at radius 1 is 1.50 bits per heavy atom. The van der Waals surface area contributed by atoms with Gasteiger partial charge in [-0.1, -0.05) is 12.2 Å². The lowest BCUT2D eigenvalue weighted by molar-refractivity contribution is 0.342. The minimum Gasteiger partial charge on any atom is -0.392 e. The molecule has 0 aliphatic rings. The van der Waals surface area contributed by atoms with Gasteiger partial charge in [0, 0.05) is 5.88 Å². The molecule has 0 aliphatic heterocycles. The van der Waals surface area contributed by atoms with Crippen LogP contribution in [0.4, 0.5) is 0 Å². The van der Waals surface area contributed by atoms with E-state index in [2.05, 4.69) is 0 Å². The quantitative estimate of drug-likeness (QED) is 0.407. The SMILES string of the molecule is OCC=CCCl. The van der Waals surface area contributed by atoms with E-state index in [1.807, 2.05) is 0 Å². The van der Waals surface area contributed by atoms with E-state index in [-0.39, 0.29) is 6.61 Å². The second-order valence-corrected chi connectivity index (χ2v) is 1.12. The largest absolute Gasteiger partial charge is 0.392 e. The summed E-state index contributed by atoms with van der Waals surface area (Å²) in [4.78, 5) is 0. The summed E-state index contributed by atoms with van der Waals surface area (Å²) < 4.78 is 0. The Bertz CT molecular complexity index is 36.8. The number of rotatable bonds is 2. The number of aliphatic hydroxyl groups is 1. The van der Waals surface area contributed by atoms with Gasteiger partial charge in [0.1, 0.15) is 0 Å². The van der Waals surface area contributed by atoms with Crippen molar-refractivity contribution in [3.8, 4) is 0 Å². The maximum absolute atomic E-state index is 8.05. The molecule has 0 aromatic rings. The number of aliphatic hydroxyl groups excluding tert-OH is 1. The number of hydrogen-bond acceptors (Lipinski definition) is 1. The predicted octanol–water partition coefficient (Wildman–Crippen LogP) is 0.774. The van der Waals surface area contributed by atoms with Gasteiger partial charge in [0.25, 0.3) is 0 Å². The van der Waals surface area contributed by atoms with Gasteiger partial charge in [0.05, 0.1) is 6.61 Å². The lowest BCUT2D eigenvalue weighted by atomic mass is 10.6. The molecule has 0 saturated carbocycles. The van der Waals surface area contributed by atoms with E-state index < -0.39 is 0 Å². The van der Waals surface area contributed by atoms with Crippen molar-refractivity contribution in [2.75, 3.05) is 12.5 Å². The third-order valence-corrected chi connectivity index (χ3v) is 0.539. The normalized spacial score (nSPS) is 10.3. The fourth-order valence-corrected chi connectivity index (χ4v) is 0.264. The second-order valence-electron chi connectivity index (χ2n) is 0.808. The van der Waals surface area contributed by atoms with Gasteiger partial charge >= 0.3 is 0 Å². The summed E-state index contributed by atoms with van der Waals surface area (Å²) in [5, 5.41) is 8.05. The first-order valence-corrected chi connectivity index (χ1v) is 2.27. The van der Waals surface area contributed by atoms with E-state index in [4.69, 9.17) is 16.7 Å². The van der Waals surface area contributed by atoms with Gasteiger partial charge in [-0.25, -0.2) is 0 Å². The number of alkyl halides is 1. The third kappa shape index (κ3) is 3.99. The van der Waals surface area contributed by atoms with Gasteiger partial charge in [-0.3, -0.25) is 0 Å². The summed E-state index contributed by atoms with van der Waals surface area (Å²) in [5.74, 6) is 0.487. The number of halogens is 1. The molecule has 0 spiro atoms. The van der Waals surface area contributed by atoms with Crippen molar-refractivity contribution >= 4 is 11.6 Å². The lowest BCUT2D eigenvalue weighted by Gasteiger charge is -1.71. The van der Waals surface area contributed by atoms with Crippen molar-refractivity contribution in [1.29, 1.82) is 0 Å². The molecular weight excluding hydrogens is 99.5 g/mol. The van der Waals surface area contributed by atoms with Crippen molar-refractivity contribution in [1.82, 2.24) is 0 Å². The molecule has 0 rings (SSSR count). The van der Waals surface area contributed by atoms with Crippen LogP contribution in [0.2, 0.25) is 0 Å². The summed E-state index contributed by atoms with van der Waals surface area (Å²) in [5.41, 5.74) is 0. The molecule has 0 atom stereocenters. The van der Waals surface area contributed by atoms with Crippen LogP contribution in [0.25, 0.3) is 0 Å². The lowest BCUT2D eigenvalue weighted by Crippen LogP contribution is -1.69. The zero-order valence-corrected chi connectivity index (χ0v) is 4.15. The topological polar surface area (TPSA) is 20.2 Å². The van der Waals surface area contributed by atoms with E-state index in [0.29, 0.717) is 5.88 Å². The predicted molar refractivity (Wildman–Crippen MR) is 26.9 cm³/mol. The number of hydrogen-bond donors (Lipinski definition) is 1. The van der Waals surface area contributed by atoms with Crippen molar-refractivity contribution < 1.29 is 5.11 Å². The van der Waals surface area contributed by atoms with Crippen LogP contribution in [0.1, 0.15) is 0 Å². The highest BCUT2D eigenvalue weighted by molar-refractivity contribution is 6.18. The maximum Gasteiger partial charge on any atom is 0.0612 e. The molecule has 1 N–H and O–H groups in total. The molecule has 6 heavy (non-hydrogen) atoms.